The summed E-state index contributed by atoms with van der Waals surface area (Å²) in [4.78, 5) is 0. The first-order chi connectivity index (χ1) is 7.81. The van der Waals surface area contributed by atoms with Crippen LogP contribution in [0.1, 0.15) is 51.4 Å². The highest BCUT2D eigenvalue weighted by Crippen LogP contribution is 2.53. The summed E-state index contributed by atoms with van der Waals surface area (Å²) in [6.45, 7) is 2.02. The molecular weight excluding hydrogens is 200 g/mol. The van der Waals surface area contributed by atoms with E-state index in [2.05, 4.69) is 0 Å². The fraction of sp³-hybridized carbons (Fsp3) is 1.00. The van der Waals surface area contributed by atoms with E-state index in [0.717, 1.165) is 37.9 Å². The summed E-state index contributed by atoms with van der Waals surface area (Å²) >= 11 is 0. The van der Waals surface area contributed by atoms with E-state index < -0.39 is 0 Å². The summed E-state index contributed by atoms with van der Waals surface area (Å²) in [5.41, 5.74) is 0.524. The van der Waals surface area contributed by atoms with Crippen molar-refractivity contribution in [3.05, 3.63) is 0 Å². The van der Waals surface area contributed by atoms with Gasteiger partial charge in [-0.15, -0.1) is 0 Å². The molecule has 1 aliphatic heterocycles. The molecular formula is C14H24O2. The minimum Gasteiger partial charge on any atom is -0.393 e. The van der Waals surface area contributed by atoms with Crippen LogP contribution in [0.4, 0.5) is 0 Å². The summed E-state index contributed by atoms with van der Waals surface area (Å²) in [6.07, 6.45) is 10.2. The molecule has 2 saturated carbocycles. The van der Waals surface area contributed by atoms with E-state index in [1.807, 2.05) is 0 Å². The molecule has 0 bridgehead atoms. The summed E-state index contributed by atoms with van der Waals surface area (Å²) in [7, 11) is 0. The predicted octanol–water partition coefficient (Wildman–Crippen LogP) is 2.74. The quantitative estimate of drug-likeness (QED) is 0.781. The molecule has 3 fully saturated rings. The first-order valence-corrected chi connectivity index (χ1v) is 7.07. The van der Waals surface area contributed by atoms with E-state index in [4.69, 9.17) is 4.74 Å². The maximum absolute atomic E-state index is 9.62. The van der Waals surface area contributed by atoms with Crippen molar-refractivity contribution in [2.24, 2.45) is 17.3 Å². The normalized spacial score (nSPS) is 39.6. The molecule has 0 spiro atoms. The van der Waals surface area contributed by atoms with Gasteiger partial charge in [0.1, 0.15) is 0 Å². The van der Waals surface area contributed by atoms with Gasteiger partial charge < -0.3 is 9.84 Å². The SMILES string of the molecule is OC1CCC(C2(C3CCCC3)COC2)CC1. The molecule has 16 heavy (non-hydrogen) atoms. The molecule has 3 aliphatic rings. The second kappa shape index (κ2) is 4.30. The molecule has 1 saturated heterocycles. The number of hydrogen-bond donors (Lipinski definition) is 1. The van der Waals surface area contributed by atoms with Crippen LogP contribution >= 0.6 is 0 Å². The fourth-order valence-electron chi connectivity index (χ4n) is 4.29. The van der Waals surface area contributed by atoms with Gasteiger partial charge in [-0.2, -0.15) is 0 Å². The van der Waals surface area contributed by atoms with Gasteiger partial charge >= 0.3 is 0 Å². The van der Waals surface area contributed by atoms with E-state index in [1.54, 1.807) is 0 Å². The molecule has 2 nitrogen and oxygen atoms in total. The van der Waals surface area contributed by atoms with Gasteiger partial charge in [0.15, 0.2) is 0 Å². The van der Waals surface area contributed by atoms with Crippen molar-refractivity contribution in [3.63, 3.8) is 0 Å². The Hall–Kier alpha value is -0.0800. The summed E-state index contributed by atoms with van der Waals surface area (Å²) in [6, 6.07) is 0. The Bertz CT molecular complexity index is 233. The second-order valence-electron chi connectivity index (χ2n) is 6.21. The third kappa shape index (κ3) is 1.70. The average Bonchev–Trinajstić information content (AvgIpc) is 2.73. The first-order valence-electron chi connectivity index (χ1n) is 7.07. The molecule has 0 radical (unpaired) electrons. The zero-order valence-corrected chi connectivity index (χ0v) is 10.2. The molecule has 2 heteroatoms. The van der Waals surface area contributed by atoms with Crippen LogP contribution in [0.5, 0.6) is 0 Å². The minimum atomic E-state index is -0.0159. The third-order valence-corrected chi connectivity index (χ3v) is 5.42. The molecule has 0 aromatic rings. The molecule has 0 unspecified atom stereocenters. The molecule has 0 amide bonds. The molecule has 1 N–H and O–H groups in total. The van der Waals surface area contributed by atoms with Gasteiger partial charge in [0.05, 0.1) is 19.3 Å². The van der Waals surface area contributed by atoms with E-state index >= 15 is 0 Å². The predicted molar refractivity (Wildman–Crippen MR) is 63.2 cm³/mol. The van der Waals surface area contributed by atoms with Crippen molar-refractivity contribution >= 4 is 0 Å². The van der Waals surface area contributed by atoms with E-state index in [1.165, 1.54) is 38.5 Å². The van der Waals surface area contributed by atoms with E-state index in [9.17, 15) is 5.11 Å². The zero-order valence-electron chi connectivity index (χ0n) is 10.2. The molecule has 92 valence electrons. The Morgan fingerprint density at radius 2 is 1.38 bits per heavy atom. The molecule has 2 aliphatic carbocycles. The summed E-state index contributed by atoms with van der Waals surface area (Å²) < 4.78 is 5.57. The van der Waals surface area contributed by atoms with Gasteiger partial charge in [-0.3, -0.25) is 0 Å². The standard InChI is InChI=1S/C14H24O2/c15-13-7-5-12(6-8-13)14(9-16-10-14)11-3-1-2-4-11/h11-13,15H,1-10H2. The van der Waals surface area contributed by atoms with E-state index in [-0.39, 0.29) is 6.10 Å². The van der Waals surface area contributed by atoms with Crippen molar-refractivity contribution in [1.29, 1.82) is 0 Å². The minimum absolute atomic E-state index is 0.0159. The van der Waals surface area contributed by atoms with Gasteiger partial charge in [-0.05, 0) is 50.4 Å². The summed E-state index contributed by atoms with van der Waals surface area (Å²) in [5, 5.41) is 9.62. The van der Waals surface area contributed by atoms with Crippen LogP contribution in [0, 0.1) is 17.3 Å². The Kier molecular flexibility index (Phi) is 2.97. The van der Waals surface area contributed by atoms with Crippen LogP contribution in [-0.2, 0) is 4.74 Å². The number of rotatable bonds is 2. The van der Waals surface area contributed by atoms with Gasteiger partial charge in [0.25, 0.3) is 0 Å². The number of hydrogen-bond acceptors (Lipinski definition) is 2. The third-order valence-electron chi connectivity index (χ3n) is 5.42. The van der Waals surface area contributed by atoms with Crippen LogP contribution in [0.2, 0.25) is 0 Å². The smallest absolute Gasteiger partial charge is 0.0550 e. The lowest BCUT2D eigenvalue weighted by Crippen LogP contribution is -2.54. The first kappa shape index (κ1) is 11.0. The maximum atomic E-state index is 9.62. The van der Waals surface area contributed by atoms with Crippen molar-refractivity contribution in [3.8, 4) is 0 Å². The largest absolute Gasteiger partial charge is 0.393 e. The number of aliphatic hydroxyl groups is 1. The van der Waals surface area contributed by atoms with Crippen molar-refractivity contribution in [2.75, 3.05) is 13.2 Å². The molecule has 3 rings (SSSR count). The summed E-state index contributed by atoms with van der Waals surface area (Å²) in [5.74, 6) is 1.77. The highest BCUT2D eigenvalue weighted by molar-refractivity contribution is 4.99. The van der Waals surface area contributed by atoms with Crippen LogP contribution in [0.3, 0.4) is 0 Å². The Balaban J connectivity index is 1.69. The Morgan fingerprint density at radius 1 is 0.812 bits per heavy atom. The van der Waals surface area contributed by atoms with Crippen LogP contribution in [-0.4, -0.2) is 24.4 Å². The lowest BCUT2D eigenvalue weighted by molar-refractivity contribution is -0.186. The molecule has 0 atom stereocenters. The lowest BCUT2D eigenvalue weighted by Gasteiger charge is -2.53. The van der Waals surface area contributed by atoms with Crippen molar-refractivity contribution in [1.82, 2.24) is 0 Å². The van der Waals surface area contributed by atoms with Crippen LogP contribution < -0.4 is 0 Å². The van der Waals surface area contributed by atoms with Gasteiger partial charge in [-0.1, -0.05) is 12.8 Å². The van der Waals surface area contributed by atoms with Gasteiger partial charge in [0.2, 0.25) is 0 Å². The number of aliphatic hydroxyl groups excluding tert-OH is 1. The highest BCUT2D eigenvalue weighted by Gasteiger charge is 2.51. The Morgan fingerprint density at radius 3 is 1.88 bits per heavy atom. The Labute approximate surface area is 98.4 Å². The molecule has 0 aromatic heterocycles. The van der Waals surface area contributed by atoms with Crippen LogP contribution in [0.25, 0.3) is 0 Å². The van der Waals surface area contributed by atoms with E-state index in [0.29, 0.717) is 5.41 Å². The monoisotopic (exact) mass is 224 g/mol. The second-order valence-corrected chi connectivity index (χ2v) is 6.21. The number of ether oxygens (including phenoxy) is 1. The lowest BCUT2D eigenvalue weighted by atomic mass is 9.60. The zero-order chi connectivity index (χ0) is 11.0. The van der Waals surface area contributed by atoms with Crippen molar-refractivity contribution in [2.45, 2.75) is 57.5 Å². The topological polar surface area (TPSA) is 29.5 Å². The van der Waals surface area contributed by atoms with Gasteiger partial charge in [-0.25, -0.2) is 0 Å². The van der Waals surface area contributed by atoms with Gasteiger partial charge in [0, 0.05) is 5.41 Å². The van der Waals surface area contributed by atoms with Crippen LogP contribution in [0.15, 0.2) is 0 Å². The highest BCUT2D eigenvalue weighted by atomic mass is 16.5. The maximum Gasteiger partial charge on any atom is 0.0550 e. The van der Waals surface area contributed by atoms with Crippen molar-refractivity contribution < 1.29 is 9.84 Å². The fourth-order valence-corrected chi connectivity index (χ4v) is 4.29. The molecule has 0 aromatic carbocycles. The average molecular weight is 224 g/mol. The molecule has 1 heterocycles.